The number of amides is 1. The van der Waals surface area contributed by atoms with E-state index in [-0.39, 0.29) is 16.6 Å². The third-order valence-corrected chi connectivity index (χ3v) is 7.60. The predicted molar refractivity (Wildman–Crippen MR) is 120 cm³/mol. The van der Waals surface area contributed by atoms with Crippen LogP contribution in [0.3, 0.4) is 0 Å². The number of nitrogens with one attached hydrogen (secondary N) is 1. The maximum Gasteiger partial charge on any atom is 0.247 e. The molecule has 9 heteroatoms. The van der Waals surface area contributed by atoms with Crippen molar-refractivity contribution in [1.29, 1.82) is 0 Å². The third-order valence-electron chi connectivity index (χ3n) is 4.76. The maximum absolute atomic E-state index is 12.7. The number of hydrogen-bond acceptors (Lipinski definition) is 5. The Hall–Kier alpha value is -2.68. The molecule has 0 bridgehead atoms. The van der Waals surface area contributed by atoms with Gasteiger partial charge in [0.05, 0.1) is 4.90 Å². The van der Waals surface area contributed by atoms with Gasteiger partial charge >= 0.3 is 0 Å². The van der Waals surface area contributed by atoms with Crippen molar-refractivity contribution in [3.8, 4) is 0 Å². The van der Waals surface area contributed by atoms with Gasteiger partial charge in [0.1, 0.15) is 16.8 Å². The van der Waals surface area contributed by atoms with Gasteiger partial charge in [-0.25, -0.2) is 13.4 Å². The number of carbonyl (C=O) groups excluding carboxylic acids is 1. The average molecular weight is 460 g/mol. The van der Waals surface area contributed by atoms with E-state index in [1.165, 1.54) is 23.5 Å². The predicted octanol–water partition coefficient (Wildman–Crippen LogP) is 4.92. The molecule has 2 aromatic heterocycles. The van der Waals surface area contributed by atoms with Crippen LogP contribution < -0.4 is 5.32 Å². The minimum absolute atomic E-state index is 0.141. The van der Waals surface area contributed by atoms with Crippen LogP contribution in [0.15, 0.2) is 71.2 Å². The molecule has 4 aromatic rings. The van der Waals surface area contributed by atoms with Gasteiger partial charge in [-0.15, -0.1) is 11.3 Å². The summed E-state index contributed by atoms with van der Waals surface area (Å²) >= 11 is 7.33. The summed E-state index contributed by atoms with van der Waals surface area (Å²) in [5.41, 5.74) is 1.44. The molecule has 1 unspecified atom stereocenters. The van der Waals surface area contributed by atoms with Crippen LogP contribution in [0.5, 0.6) is 0 Å². The molecule has 0 saturated carbocycles. The topological polar surface area (TPSA) is 81.1 Å². The first kappa shape index (κ1) is 20.6. The van der Waals surface area contributed by atoms with Crippen LogP contribution in [0.1, 0.15) is 18.0 Å². The van der Waals surface area contributed by atoms with Crippen molar-refractivity contribution < 1.29 is 13.2 Å². The lowest BCUT2D eigenvalue weighted by Crippen LogP contribution is -2.23. The number of benzene rings is 2. The number of fused-ring (bicyclic) bond motifs is 1. The Labute approximate surface area is 183 Å². The van der Waals surface area contributed by atoms with E-state index >= 15 is 0 Å². The number of hydrogen-bond donors (Lipinski definition) is 1. The SMILES string of the molecule is CC(C(=O)Nc1ccc(S(=O)(=O)Cc2nccs2)cc1)n1ccc2cc(Cl)ccc21. The minimum Gasteiger partial charge on any atom is -0.335 e. The Kier molecular flexibility index (Phi) is 5.64. The zero-order valence-electron chi connectivity index (χ0n) is 15.9. The average Bonchev–Trinajstić information content (AvgIpc) is 3.36. The summed E-state index contributed by atoms with van der Waals surface area (Å²) < 4.78 is 26.9. The minimum atomic E-state index is -3.49. The van der Waals surface area contributed by atoms with E-state index in [4.69, 9.17) is 11.6 Å². The highest BCUT2D eigenvalue weighted by Gasteiger charge is 2.19. The summed E-state index contributed by atoms with van der Waals surface area (Å²) in [6.45, 7) is 1.80. The molecule has 1 amide bonds. The smallest absolute Gasteiger partial charge is 0.247 e. The lowest BCUT2D eigenvalue weighted by atomic mass is 10.2. The van der Waals surface area contributed by atoms with Crippen molar-refractivity contribution in [2.24, 2.45) is 0 Å². The first-order valence-corrected chi connectivity index (χ1v) is 12.0. The van der Waals surface area contributed by atoms with E-state index < -0.39 is 15.9 Å². The second-order valence-corrected chi connectivity index (χ2v) is 10.2. The molecule has 1 atom stereocenters. The lowest BCUT2D eigenvalue weighted by Gasteiger charge is -2.16. The molecule has 0 radical (unpaired) electrons. The Morgan fingerprint density at radius 2 is 1.97 bits per heavy atom. The van der Waals surface area contributed by atoms with Gasteiger partial charge in [-0.1, -0.05) is 11.6 Å². The quantitative estimate of drug-likeness (QED) is 0.443. The van der Waals surface area contributed by atoms with Crippen LogP contribution in [0.25, 0.3) is 10.9 Å². The first-order chi connectivity index (χ1) is 14.3. The van der Waals surface area contributed by atoms with Gasteiger partial charge in [-0.05, 0) is 55.5 Å². The van der Waals surface area contributed by atoms with Gasteiger partial charge in [0.2, 0.25) is 5.91 Å². The van der Waals surface area contributed by atoms with E-state index in [0.717, 1.165) is 10.9 Å². The zero-order chi connectivity index (χ0) is 21.3. The number of anilines is 1. The third kappa shape index (κ3) is 4.26. The van der Waals surface area contributed by atoms with E-state index in [0.29, 0.717) is 15.7 Å². The van der Waals surface area contributed by atoms with Crippen molar-refractivity contribution in [3.63, 3.8) is 0 Å². The number of halogens is 1. The number of nitrogens with zero attached hydrogens (tertiary/aromatic N) is 2. The molecule has 1 N–H and O–H groups in total. The van der Waals surface area contributed by atoms with Gasteiger partial charge in [0, 0.05) is 39.4 Å². The van der Waals surface area contributed by atoms with Gasteiger partial charge < -0.3 is 9.88 Å². The van der Waals surface area contributed by atoms with E-state index in [9.17, 15) is 13.2 Å². The lowest BCUT2D eigenvalue weighted by molar-refractivity contribution is -0.118. The number of rotatable bonds is 6. The Bertz CT molecular complexity index is 1300. The molecule has 0 aliphatic carbocycles. The second-order valence-electron chi connectivity index (χ2n) is 6.80. The van der Waals surface area contributed by atoms with Crippen LogP contribution in [0, 0.1) is 0 Å². The molecule has 0 saturated heterocycles. The molecule has 2 aromatic carbocycles. The monoisotopic (exact) mass is 459 g/mol. The summed E-state index contributed by atoms with van der Waals surface area (Å²) in [6, 6.07) is 13.1. The molecular weight excluding hydrogens is 442 g/mol. The van der Waals surface area contributed by atoms with Crippen LogP contribution in [0.4, 0.5) is 5.69 Å². The van der Waals surface area contributed by atoms with Crippen LogP contribution in [0.2, 0.25) is 5.02 Å². The van der Waals surface area contributed by atoms with E-state index in [1.807, 2.05) is 29.0 Å². The summed E-state index contributed by atoms with van der Waals surface area (Å²) in [5, 5.41) is 6.72. The number of carbonyl (C=O) groups is 1. The van der Waals surface area contributed by atoms with E-state index in [1.54, 1.807) is 36.7 Å². The highest BCUT2D eigenvalue weighted by Crippen LogP contribution is 2.25. The Morgan fingerprint density at radius 1 is 1.20 bits per heavy atom. The Balaban J connectivity index is 1.48. The maximum atomic E-state index is 12.7. The normalized spacial score (nSPS) is 12.7. The van der Waals surface area contributed by atoms with Crippen LogP contribution in [-0.2, 0) is 20.4 Å². The summed E-state index contributed by atoms with van der Waals surface area (Å²) in [6.07, 6.45) is 3.43. The fraction of sp³-hybridized carbons (Fsp3) is 0.143. The summed E-state index contributed by atoms with van der Waals surface area (Å²) in [5.74, 6) is -0.348. The van der Waals surface area contributed by atoms with Gasteiger partial charge in [0.25, 0.3) is 0 Å². The van der Waals surface area contributed by atoms with Crippen molar-refractivity contribution in [2.45, 2.75) is 23.6 Å². The van der Waals surface area contributed by atoms with Crippen molar-refractivity contribution in [2.75, 3.05) is 5.32 Å². The second kappa shape index (κ2) is 8.22. The fourth-order valence-corrected chi connectivity index (χ4v) is 5.60. The number of aromatic nitrogens is 2. The van der Waals surface area contributed by atoms with Crippen molar-refractivity contribution in [1.82, 2.24) is 9.55 Å². The van der Waals surface area contributed by atoms with Gasteiger partial charge in [0.15, 0.2) is 9.84 Å². The number of sulfone groups is 1. The van der Waals surface area contributed by atoms with Gasteiger partial charge in [-0.2, -0.15) is 0 Å². The van der Waals surface area contributed by atoms with Crippen LogP contribution in [-0.4, -0.2) is 23.9 Å². The molecule has 2 heterocycles. The Morgan fingerprint density at radius 3 is 2.67 bits per heavy atom. The fourth-order valence-electron chi connectivity index (χ4n) is 3.16. The van der Waals surface area contributed by atoms with Crippen LogP contribution >= 0.6 is 22.9 Å². The number of thiazole rings is 1. The van der Waals surface area contributed by atoms with Crippen molar-refractivity contribution >= 4 is 55.3 Å². The van der Waals surface area contributed by atoms with Gasteiger partial charge in [-0.3, -0.25) is 4.79 Å². The molecular formula is C21H18ClN3O3S2. The molecule has 6 nitrogen and oxygen atoms in total. The molecule has 30 heavy (non-hydrogen) atoms. The molecule has 0 spiro atoms. The highest BCUT2D eigenvalue weighted by molar-refractivity contribution is 7.90. The molecule has 0 aliphatic heterocycles. The zero-order valence-corrected chi connectivity index (χ0v) is 18.3. The van der Waals surface area contributed by atoms with E-state index in [2.05, 4.69) is 10.3 Å². The molecule has 4 rings (SSSR count). The summed E-state index contributed by atoms with van der Waals surface area (Å²) in [7, 11) is -3.49. The highest BCUT2D eigenvalue weighted by atomic mass is 35.5. The molecule has 154 valence electrons. The largest absolute Gasteiger partial charge is 0.335 e. The molecule has 0 aliphatic rings. The summed E-state index contributed by atoms with van der Waals surface area (Å²) in [4.78, 5) is 17.0. The first-order valence-electron chi connectivity index (χ1n) is 9.12. The standard InChI is InChI=1S/C21H18ClN3O3S2/c1-14(25-10-8-15-12-16(22)2-7-19(15)25)21(26)24-17-3-5-18(6-4-17)30(27,28)13-20-23-9-11-29-20/h2-12,14H,13H2,1H3,(H,24,26). The van der Waals surface area contributed by atoms with Crippen molar-refractivity contribution in [3.05, 3.63) is 76.3 Å². The molecule has 0 fully saturated rings.